The summed E-state index contributed by atoms with van der Waals surface area (Å²) in [6.07, 6.45) is 2.08. The van der Waals surface area contributed by atoms with Crippen LogP contribution in [0.1, 0.15) is 33.9 Å². The molecular formula is C16H23ClN4O3S. The molecule has 3 rings (SSSR count). The molecule has 3 heterocycles. The van der Waals surface area contributed by atoms with Crippen LogP contribution in [-0.2, 0) is 11.3 Å². The monoisotopic (exact) mass is 386 g/mol. The second-order valence-corrected chi connectivity index (χ2v) is 6.83. The maximum atomic E-state index is 12.7. The highest BCUT2D eigenvalue weighted by atomic mass is 35.5. The standard InChI is InChI=1S/C16H22N4O3S.ClH/c1-9-12-15(23-3)19-11(8-22-2)20-16(12)24-13(9)14(21)18-10-5-4-6-17-7-10;/h10,17H,4-8H2,1-3H3,(H,18,21);1H/t10-;/m0./s1. The van der Waals surface area contributed by atoms with E-state index in [2.05, 4.69) is 20.6 Å². The van der Waals surface area contributed by atoms with E-state index in [1.807, 2.05) is 6.92 Å². The molecule has 0 unspecified atom stereocenters. The Bertz CT molecular complexity index is 747. The van der Waals surface area contributed by atoms with E-state index in [1.165, 1.54) is 11.3 Å². The van der Waals surface area contributed by atoms with Gasteiger partial charge in [0.15, 0.2) is 5.82 Å². The van der Waals surface area contributed by atoms with Crippen molar-refractivity contribution in [3.63, 3.8) is 0 Å². The predicted octanol–water partition coefficient (Wildman–Crippen LogP) is 2.06. The van der Waals surface area contributed by atoms with Crippen molar-refractivity contribution in [2.24, 2.45) is 0 Å². The molecule has 2 N–H and O–H groups in total. The Labute approximate surface area is 156 Å². The van der Waals surface area contributed by atoms with E-state index in [1.54, 1.807) is 14.2 Å². The fraction of sp³-hybridized carbons (Fsp3) is 0.562. The third-order valence-electron chi connectivity index (χ3n) is 4.11. The van der Waals surface area contributed by atoms with Gasteiger partial charge in [-0.25, -0.2) is 4.98 Å². The molecule has 1 atom stereocenters. The lowest BCUT2D eigenvalue weighted by Crippen LogP contribution is -2.45. The van der Waals surface area contributed by atoms with Crippen molar-refractivity contribution in [3.05, 3.63) is 16.3 Å². The van der Waals surface area contributed by atoms with Gasteiger partial charge >= 0.3 is 0 Å². The number of nitrogens with zero attached hydrogens (tertiary/aromatic N) is 2. The van der Waals surface area contributed by atoms with Crippen molar-refractivity contribution in [2.75, 3.05) is 27.3 Å². The summed E-state index contributed by atoms with van der Waals surface area (Å²) >= 11 is 1.37. The Balaban J connectivity index is 0.00000225. The fourth-order valence-corrected chi connectivity index (χ4v) is 4.02. The largest absolute Gasteiger partial charge is 0.480 e. The number of piperidine rings is 1. The molecule has 1 fully saturated rings. The van der Waals surface area contributed by atoms with Crippen molar-refractivity contribution >= 4 is 39.9 Å². The lowest BCUT2D eigenvalue weighted by molar-refractivity contribution is 0.0934. The highest BCUT2D eigenvalue weighted by molar-refractivity contribution is 7.20. The summed E-state index contributed by atoms with van der Waals surface area (Å²) in [6, 6.07) is 0.174. The minimum atomic E-state index is -0.0560. The van der Waals surface area contributed by atoms with E-state index < -0.39 is 0 Å². The van der Waals surface area contributed by atoms with Gasteiger partial charge in [0.2, 0.25) is 5.88 Å². The first kappa shape index (κ1) is 19.8. The molecule has 0 aliphatic carbocycles. The molecule has 2 aromatic heterocycles. The van der Waals surface area contributed by atoms with Gasteiger partial charge in [-0.1, -0.05) is 0 Å². The van der Waals surface area contributed by atoms with Gasteiger partial charge in [-0.15, -0.1) is 23.7 Å². The molecule has 2 aromatic rings. The average Bonchev–Trinajstić information content (AvgIpc) is 2.92. The molecule has 0 spiro atoms. The summed E-state index contributed by atoms with van der Waals surface area (Å²) in [7, 11) is 3.17. The zero-order chi connectivity index (χ0) is 17.1. The number of carbonyl (C=O) groups is 1. The topological polar surface area (TPSA) is 85.4 Å². The summed E-state index contributed by atoms with van der Waals surface area (Å²) in [5, 5.41) is 7.21. The number of hydrogen-bond donors (Lipinski definition) is 2. The number of aryl methyl sites for hydroxylation is 1. The number of thiophene rings is 1. The highest BCUT2D eigenvalue weighted by Gasteiger charge is 2.23. The van der Waals surface area contributed by atoms with E-state index >= 15 is 0 Å². The predicted molar refractivity (Wildman–Crippen MR) is 100 cm³/mol. The lowest BCUT2D eigenvalue weighted by Gasteiger charge is -2.23. The van der Waals surface area contributed by atoms with Crippen molar-refractivity contribution in [3.8, 4) is 5.88 Å². The number of rotatable bonds is 5. The normalized spacial score (nSPS) is 17.2. The van der Waals surface area contributed by atoms with Crippen LogP contribution in [0.2, 0.25) is 0 Å². The zero-order valence-corrected chi connectivity index (χ0v) is 16.2. The van der Waals surface area contributed by atoms with Gasteiger partial charge in [-0.05, 0) is 31.9 Å². The zero-order valence-electron chi connectivity index (χ0n) is 14.5. The lowest BCUT2D eigenvalue weighted by atomic mass is 10.1. The van der Waals surface area contributed by atoms with Crippen molar-refractivity contribution < 1.29 is 14.3 Å². The Morgan fingerprint density at radius 2 is 2.20 bits per heavy atom. The first-order valence-electron chi connectivity index (χ1n) is 7.98. The van der Waals surface area contributed by atoms with Gasteiger partial charge in [0.25, 0.3) is 5.91 Å². The molecular weight excluding hydrogens is 364 g/mol. The molecule has 0 aromatic carbocycles. The summed E-state index contributed by atoms with van der Waals surface area (Å²) < 4.78 is 10.5. The van der Waals surface area contributed by atoms with Gasteiger partial charge in [-0.2, -0.15) is 4.98 Å². The van der Waals surface area contributed by atoms with Gasteiger partial charge in [0, 0.05) is 19.7 Å². The van der Waals surface area contributed by atoms with Gasteiger partial charge < -0.3 is 20.1 Å². The first-order valence-corrected chi connectivity index (χ1v) is 8.80. The highest BCUT2D eigenvalue weighted by Crippen LogP contribution is 2.35. The van der Waals surface area contributed by atoms with E-state index in [9.17, 15) is 4.79 Å². The molecule has 1 saturated heterocycles. The summed E-state index contributed by atoms with van der Waals surface area (Å²) in [4.78, 5) is 22.9. The maximum Gasteiger partial charge on any atom is 0.261 e. The first-order chi connectivity index (χ1) is 11.6. The Morgan fingerprint density at radius 3 is 2.84 bits per heavy atom. The molecule has 0 radical (unpaired) electrons. The Kier molecular flexibility index (Phi) is 6.95. The van der Waals surface area contributed by atoms with Crippen LogP contribution in [0.3, 0.4) is 0 Å². The number of aromatic nitrogens is 2. The Hall–Kier alpha value is -1.48. The summed E-state index contributed by atoms with van der Waals surface area (Å²) in [5.74, 6) is 0.977. The molecule has 25 heavy (non-hydrogen) atoms. The van der Waals surface area contributed by atoms with Crippen LogP contribution in [0.4, 0.5) is 0 Å². The van der Waals surface area contributed by atoms with E-state index in [4.69, 9.17) is 9.47 Å². The second kappa shape index (κ2) is 8.75. The fourth-order valence-electron chi connectivity index (χ4n) is 2.93. The number of methoxy groups -OCH3 is 2. The molecule has 0 bridgehead atoms. The van der Waals surface area contributed by atoms with Crippen LogP contribution in [0.15, 0.2) is 0 Å². The molecule has 1 aliphatic heterocycles. The molecule has 1 amide bonds. The molecule has 7 nitrogen and oxygen atoms in total. The summed E-state index contributed by atoms with van der Waals surface area (Å²) in [6.45, 7) is 4.05. The van der Waals surface area contributed by atoms with Crippen LogP contribution in [0.25, 0.3) is 10.2 Å². The van der Waals surface area contributed by atoms with Crippen LogP contribution >= 0.6 is 23.7 Å². The second-order valence-electron chi connectivity index (χ2n) is 5.84. The van der Waals surface area contributed by atoms with Crippen LogP contribution in [-0.4, -0.2) is 49.2 Å². The molecule has 1 aliphatic rings. The number of carbonyl (C=O) groups excluding carboxylic acids is 1. The number of ether oxygens (including phenoxy) is 2. The SMILES string of the molecule is COCc1nc(OC)c2c(C)c(C(=O)N[C@H]3CCCNC3)sc2n1.Cl. The number of halogens is 1. The van der Waals surface area contributed by atoms with Crippen molar-refractivity contribution in [2.45, 2.75) is 32.4 Å². The minimum Gasteiger partial charge on any atom is -0.480 e. The summed E-state index contributed by atoms with van der Waals surface area (Å²) in [5.41, 5.74) is 0.858. The third kappa shape index (κ3) is 4.20. The molecule has 9 heteroatoms. The van der Waals surface area contributed by atoms with Gasteiger partial charge in [0.05, 0.1) is 17.4 Å². The minimum absolute atomic E-state index is 0. The van der Waals surface area contributed by atoms with E-state index in [0.29, 0.717) is 23.2 Å². The van der Waals surface area contributed by atoms with Crippen molar-refractivity contribution in [1.29, 1.82) is 0 Å². The van der Waals surface area contributed by atoms with Crippen molar-refractivity contribution in [1.82, 2.24) is 20.6 Å². The van der Waals surface area contributed by atoms with E-state index in [-0.39, 0.29) is 24.4 Å². The van der Waals surface area contributed by atoms with Gasteiger partial charge in [-0.3, -0.25) is 4.79 Å². The number of nitrogens with one attached hydrogen (secondary N) is 2. The Morgan fingerprint density at radius 1 is 1.40 bits per heavy atom. The van der Waals surface area contributed by atoms with E-state index in [0.717, 1.165) is 41.7 Å². The number of hydrogen-bond acceptors (Lipinski definition) is 7. The third-order valence-corrected chi connectivity index (χ3v) is 5.29. The quantitative estimate of drug-likeness (QED) is 0.818. The maximum absolute atomic E-state index is 12.7. The number of fused-ring (bicyclic) bond motifs is 1. The average molecular weight is 387 g/mol. The molecule has 0 saturated carbocycles. The smallest absolute Gasteiger partial charge is 0.261 e. The van der Waals surface area contributed by atoms with Crippen LogP contribution in [0.5, 0.6) is 5.88 Å². The van der Waals surface area contributed by atoms with Crippen LogP contribution < -0.4 is 15.4 Å². The van der Waals surface area contributed by atoms with Gasteiger partial charge in [0.1, 0.15) is 11.4 Å². The molecule has 138 valence electrons. The van der Waals surface area contributed by atoms with Crippen LogP contribution in [0, 0.1) is 6.92 Å². The number of amides is 1.